The number of nitrogens with two attached hydrogens (primary N) is 2. The molecule has 1 aromatic rings. The molecule has 1 rings (SSSR count). The Labute approximate surface area is 195 Å². The first kappa shape index (κ1) is 27.9. The Hall–Kier alpha value is -3.16. The van der Waals surface area contributed by atoms with E-state index in [4.69, 9.17) is 11.5 Å². The van der Waals surface area contributed by atoms with E-state index in [1.54, 1.807) is 30.3 Å². The van der Waals surface area contributed by atoms with Crippen molar-refractivity contribution in [1.82, 2.24) is 16.0 Å². The molecule has 0 spiro atoms. The van der Waals surface area contributed by atoms with Crippen LogP contribution in [0.2, 0.25) is 0 Å². The second-order valence-corrected chi connectivity index (χ2v) is 7.70. The zero-order valence-electron chi connectivity index (χ0n) is 17.9. The number of primary amides is 1. The summed E-state index contributed by atoms with van der Waals surface area (Å²) in [6.07, 6.45) is -1.85. The number of nitrogens with one attached hydrogen (secondary N) is 3. The fraction of sp³-hybridized carbons (Fsp3) is 0.450. The topological polar surface area (TPSA) is 214 Å². The van der Waals surface area contributed by atoms with E-state index in [1.165, 1.54) is 6.92 Å². The summed E-state index contributed by atoms with van der Waals surface area (Å²) < 4.78 is 0. The number of carboxylic acid groups (broad SMARTS) is 1. The van der Waals surface area contributed by atoms with E-state index in [0.717, 1.165) is 0 Å². The van der Waals surface area contributed by atoms with Gasteiger partial charge < -0.3 is 37.6 Å². The van der Waals surface area contributed by atoms with Gasteiger partial charge in [0.1, 0.15) is 18.1 Å². The number of hydrogen-bond donors (Lipinski definition) is 8. The molecule has 0 aromatic heterocycles. The van der Waals surface area contributed by atoms with E-state index in [9.17, 15) is 34.2 Å². The standard InChI is InChI=1S/C20H29N5O7S/c1-10(26)16(19(30)23-13(20(31)32)7-11-5-3-2-4-6-11)25-18(29)14(9-33)24-17(28)12(21)8-15(22)27/h2-6,10,12-14,16,26,33H,7-9,21H2,1H3,(H2,22,27)(H,23,30)(H,24,28)(H,25,29)(H,31,32). The predicted octanol–water partition coefficient (Wildman–Crippen LogP) is -2.72. The number of carbonyl (C=O) groups is 5. The van der Waals surface area contributed by atoms with Crippen molar-refractivity contribution in [2.24, 2.45) is 11.5 Å². The van der Waals surface area contributed by atoms with Crippen molar-refractivity contribution in [2.45, 2.75) is 50.0 Å². The molecule has 0 heterocycles. The van der Waals surface area contributed by atoms with Gasteiger partial charge in [0.15, 0.2) is 0 Å². The minimum atomic E-state index is -1.52. The van der Waals surface area contributed by atoms with Gasteiger partial charge >= 0.3 is 5.97 Å². The maximum absolute atomic E-state index is 12.7. The second kappa shape index (κ2) is 13.4. The van der Waals surface area contributed by atoms with E-state index in [-0.39, 0.29) is 12.2 Å². The van der Waals surface area contributed by atoms with E-state index in [0.29, 0.717) is 5.56 Å². The Bertz CT molecular complexity index is 852. The Kier molecular flexibility index (Phi) is 11.3. The molecular formula is C20H29N5O7S. The molecule has 5 unspecified atom stereocenters. The molecule has 0 saturated carbocycles. The van der Waals surface area contributed by atoms with Gasteiger partial charge in [-0.25, -0.2) is 4.79 Å². The van der Waals surface area contributed by atoms with Gasteiger partial charge in [-0.15, -0.1) is 0 Å². The molecule has 0 saturated heterocycles. The number of carbonyl (C=O) groups excluding carboxylic acids is 4. The SMILES string of the molecule is CC(O)C(NC(=O)C(CS)NC(=O)C(N)CC(N)=O)C(=O)NC(Cc1ccccc1)C(=O)O. The fourth-order valence-electron chi connectivity index (χ4n) is 2.75. The third-order valence-corrected chi connectivity index (χ3v) is 4.90. The number of aliphatic hydroxyl groups is 1. The molecule has 33 heavy (non-hydrogen) atoms. The zero-order chi connectivity index (χ0) is 25.1. The van der Waals surface area contributed by atoms with Gasteiger partial charge in [-0.2, -0.15) is 12.6 Å². The number of amides is 4. The van der Waals surface area contributed by atoms with Gasteiger partial charge in [0.05, 0.1) is 18.6 Å². The molecule has 1 aromatic carbocycles. The van der Waals surface area contributed by atoms with Crippen molar-refractivity contribution in [1.29, 1.82) is 0 Å². The van der Waals surface area contributed by atoms with Crippen LogP contribution in [0.3, 0.4) is 0 Å². The van der Waals surface area contributed by atoms with Crippen molar-refractivity contribution in [2.75, 3.05) is 5.75 Å². The minimum absolute atomic E-state index is 0.0184. The summed E-state index contributed by atoms with van der Waals surface area (Å²) in [5, 5.41) is 26.3. The van der Waals surface area contributed by atoms with Gasteiger partial charge in [-0.3, -0.25) is 19.2 Å². The average Bonchev–Trinajstić information content (AvgIpc) is 2.74. The number of hydrogen-bond acceptors (Lipinski definition) is 8. The van der Waals surface area contributed by atoms with Gasteiger partial charge in [0.25, 0.3) is 0 Å². The van der Waals surface area contributed by atoms with Crippen LogP contribution in [0.1, 0.15) is 18.9 Å². The summed E-state index contributed by atoms with van der Waals surface area (Å²) >= 11 is 3.98. The quantitative estimate of drug-likeness (QED) is 0.138. The van der Waals surface area contributed by atoms with Crippen LogP contribution < -0.4 is 27.4 Å². The number of rotatable bonds is 13. The number of benzene rings is 1. The summed E-state index contributed by atoms with van der Waals surface area (Å²) in [6, 6.07) is 3.20. The molecule has 4 amide bonds. The summed E-state index contributed by atoms with van der Waals surface area (Å²) in [5.41, 5.74) is 11.2. The summed E-state index contributed by atoms with van der Waals surface area (Å²) in [4.78, 5) is 59.8. The highest BCUT2D eigenvalue weighted by molar-refractivity contribution is 7.80. The largest absolute Gasteiger partial charge is 0.480 e. The summed E-state index contributed by atoms with van der Waals surface area (Å²) in [6.45, 7) is 1.23. The highest BCUT2D eigenvalue weighted by Gasteiger charge is 2.32. The average molecular weight is 484 g/mol. The van der Waals surface area contributed by atoms with Crippen LogP contribution in [0.25, 0.3) is 0 Å². The monoisotopic (exact) mass is 483 g/mol. The molecule has 182 valence electrons. The minimum Gasteiger partial charge on any atom is -0.480 e. The molecule has 0 aliphatic carbocycles. The Morgan fingerprint density at radius 3 is 2.03 bits per heavy atom. The molecule has 0 bridgehead atoms. The van der Waals surface area contributed by atoms with Gasteiger partial charge in [-0.1, -0.05) is 30.3 Å². The Morgan fingerprint density at radius 1 is 0.970 bits per heavy atom. The van der Waals surface area contributed by atoms with Crippen LogP contribution in [0.4, 0.5) is 0 Å². The molecule has 0 aliphatic heterocycles. The number of thiol groups is 1. The van der Waals surface area contributed by atoms with Crippen LogP contribution >= 0.6 is 12.6 Å². The van der Waals surface area contributed by atoms with E-state index >= 15 is 0 Å². The highest BCUT2D eigenvalue weighted by Crippen LogP contribution is 2.05. The normalized spacial score (nSPS) is 15.3. The molecule has 12 nitrogen and oxygen atoms in total. The summed E-state index contributed by atoms with van der Waals surface area (Å²) in [7, 11) is 0. The lowest BCUT2D eigenvalue weighted by Gasteiger charge is -2.26. The lowest BCUT2D eigenvalue weighted by molar-refractivity contribution is -0.143. The first-order valence-corrected chi connectivity index (χ1v) is 10.6. The van der Waals surface area contributed by atoms with Crippen LogP contribution in [0.15, 0.2) is 30.3 Å². The van der Waals surface area contributed by atoms with Gasteiger partial charge in [0, 0.05) is 12.2 Å². The van der Waals surface area contributed by atoms with Crippen LogP contribution in [0, 0.1) is 0 Å². The van der Waals surface area contributed by atoms with Gasteiger partial charge in [-0.05, 0) is 12.5 Å². The lowest BCUT2D eigenvalue weighted by atomic mass is 10.0. The van der Waals surface area contributed by atoms with Crippen molar-refractivity contribution in [3.05, 3.63) is 35.9 Å². The van der Waals surface area contributed by atoms with Crippen LogP contribution in [-0.4, -0.2) is 75.8 Å². The summed E-state index contributed by atoms with van der Waals surface area (Å²) in [5.74, 6) is -4.95. The molecule has 9 N–H and O–H groups in total. The van der Waals surface area contributed by atoms with E-state index in [1.807, 2.05) is 0 Å². The lowest BCUT2D eigenvalue weighted by Crippen LogP contribution is -2.60. The van der Waals surface area contributed by atoms with Crippen LogP contribution in [-0.2, 0) is 30.4 Å². The maximum Gasteiger partial charge on any atom is 0.326 e. The predicted molar refractivity (Wildman–Crippen MR) is 121 cm³/mol. The van der Waals surface area contributed by atoms with Crippen molar-refractivity contribution in [3.8, 4) is 0 Å². The maximum atomic E-state index is 12.7. The molecule has 13 heteroatoms. The fourth-order valence-corrected chi connectivity index (χ4v) is 3.01. The third-order valence-electron chi connectivity index (χ3n) is 4.53. The second-order valence-electron chi connectivity index (χ2n) is 7.34. The molecule has 0 radical (unpaired) electrons. The first-order valence-electron chi connectivity index (χ1n) is 9.96. The zero-order valence-corrected chi connectivity index (χ0v) is 18.8. The first-order chi connectivity index (χ1) is 15.5. The highest BCUT2D eigenvalue weighted by atomic mass is 32.1. The number of aliphatic hydroxyl groups excluding tert-OH is 1. The van der Waals surface area contributed by atoms with E-state index in [2.05, 4.69) is 28.6 Å². The van der Waals surface area contributed by atoms with Crippen molar-refractivity contribution in [3.63, 3.8) is 0 Å². The smallest absolute Gasteiger partial charge is 0.326 e. The van der Waals surface area contributed by atoms with Crippen LogP contribution in [0.5, 0.6) is 0 Å². The van der Waals surface area contributed by atoms with E-state index < -0.39 is 66.3 Å². The molecule has 5 atom stereocenters. The number of carboxylic acids is 1. The third kappa shape index (κ3) is 9.47. The Morgan fingerprint density at radius 2 is 1.55 bits per heavy atom. The van der Waals surface area contributed by atoms with Crippen molar-refractivity contribution >= 4 is 42.2 Å². The molecule has 0 aliphatic rings. The molecule has 0 fully saturated rings. The Balaban J connectivity index is 2.85. The number of aliphatic carboxylic acids is 1. The van der Waals surface area contributed by atoms with Crippen molar-refractivity contribution < 1.29 is 34.2 Å². The molecular weight excluding hydrogens is 454 g/mol. The van der Waals surface area contributed by atoms with Gasteiger partial charge in [0.2, 0.25) is 23.6 Å².